The van der Waals surface area contributed by atoms with Gasteiger partial charge >= 0.3 is 12.1 Å². The third-order valence-corrected chi connectivity index (χ3v) is 13.1. The molecule has 9 nitrogen and oxygen atoms in total. The average Bonchev–Trinajstić information content (AvgIpc) is 3.39. The zero-order valence-electron chi connectivity index (χ0n) is 26.6. The number of methoxy groups -OCH3 is 3. The molecule has 1 heterocycles. The predicted octanol–water partition coefficient (Wildman–Crippen LogP) is 2.90. The second-order valence-corrected chi connectivity index (χ2v) is 14.6. The molecule has 0 aromatic heterocycles. The van der Waals surface area contributed by atoms with Crippen LogP contribution < -0.4 is 0 Å². The number of alkyl halides is 3. The van der Waals surface area contributed by atoms with Crippen molar-refractivity contribution in [3.05, 3.63) is 41.5 Å². The summed E-state index contributed by atoms with van der Waals surface area (Å²) in [6.07, 6.45) is -3.37. The highest BCUT2D eigenvalue weighted by Gasteiger charge is 2.91. The van der Waals surface area contributed by atoms with Gasteiger partial charge in [0.15, 0.2) is 0 Å². The first-order valence-corrected chi connectivity index (χ1v) is 16.3. The lowest BCUT2D eigenvalue weighted by Crippen LogP contribution is -2.82. The number of benzene rings is 1. The third-order valence-electron chi connectivity index (χ3n) is 13.1. The van der Waals surface area contributed by atoms with Crippen LogP contribution in [0.2, 0.25) is 0 Å². The summed E-state index contributed by atoms with van der Waals surface area (Å²) in [5.41, 5.74) is -5.61. The smallest absolute Gasteiger partial charge is 0.416 e. The lowest BCUT2D eigenvalue weighted by molar-refractivity contribution is -0.317. The van der Waals surface area contributed by atoms with Crippen molar-refractivity contribution in [3.8, 4) is 0 Å². The van der Waals surface area contributed by atoms with Crippen LogP contribution in [0.4, 0.5) is 13.2 Å². The number of likely N-dealkylation sites (tertiary alicyclic amines) is 1. The van der Waals surface area contributed by atoms with Crippen LogP contribution in [0.5, 0.6) is 0 Å². The Hall–Kier alpha value is -2.06. The maximum absolute atomic E-state index is 13.6. The van der Waals surface area contributed by atoms with E-state index in [4.69, 9.17) is 18.9 Å². The van der Waals surface area contributed by atoms with Crippen LogP contribution in [-0.4, -0.2) is 109 Å². The van der Waals surface area contributed by atoms with Gasteiger partial charge in [-0.05, 0) is 55.5 Å². The van der Waals surface area contributed by atoms with E-state index in [9.17, 15) is 33.3 Å². The van der Waals surface area contributed by atoms with Crippen molar-refractivity contribution in [2.75, 3.05) is 41.0 Å². The Morgan fingerprint density at radius 2 is 1.93 bits per heavy atom. The van der Waals surface area contributed by atoms with E-state index in [0.717, 1.165) is 18.2 Å². The number of ether oxygens (including phenoxy) is 4. The summed E-state index contributed by atoms with van der Waals surface area (Å²) >= 11 is 0. The van der Waals surface area contributed by atoms with Gasteiger partial charge in [0.25, 0.3) is 0 Å². The second-order valence-electron chi connectivity index (χ2n) is 14.6. The molecule has 3 N–H and O–H groups in total. The van der Waals surface area contributed by atoms with E-state index in [-0.39, 0.29) is 29.7 Å². The van der Waals surface area contributed by atoms with Crippen LogP contribution in [0.15, 0.2) is 30.3 Å². The Morgan fingerprint density at radius 3 is 2.59 bits per heavy atom. The minimum atomic E-state index is -4.52. The summed E-state index contributed by atoms with van der Waals surface area (Å²) in [4.78, 5) is 15.8. The number of esters is 1. The molecule has 1 spiro atoms. The molecule has 46 heavy (non-hydrogen) atoms. The Balaban J connectivity index is 1.35. The molecule has 0 amide bonds. The standard InChI is InChI=1S/C34H44F3NO8/c1-5-38-16-30(17-43-2)12-11-23(46-24(39)10-9-18-7-6-8-19(13-18)34(35,36)37)32-21-14-20-22(44-3)15-31(41,25(21)26(20)40)33(42,29(32)38)28(45-4)27(30)32/h6-10,13,20-23,25-29,40-42H,5,11-12,14-17H2,1-4H3/b10-9+/t20-,21-,22+,23+,25-,26+,27-,28+,29+,30+,31-,32+,33+/m1/s1. The highest BCUT2D eigenvalue weighted by atomic mass is 19.4. The van der Waals surface area contributed by atoms with E-state index < -0.39 is 76.1 Å². The van der Waals surface area contributed by atoms with Crippen LogP contribution in [0.3, 0.4) is 0 Å². The van der Waals surface area contributed by atoms with Gasteiger partial charge in [-0.1, -0.05) is 19.1 Å². The van der Waals surface area contributed by atoms with Gasteiger partial charge in [0.05, 0.1) is 36.5 Å². The molecule has 1 aliphatic heterocycles. The molecular formula is C34H44F3NO8. The van der Waals surface area contributed by atoms with E-state index in [1.165, 1.54) is 25.3 Å². The number of hydrogen-bond acceptors (Lipinski definition) is 9. The minimum absolute atomic E-state index is 0.140. The molecule has 6 aliphatic rings. The van der Waals surface area contributed by atoms with Gasteiger partial charge in [-0.15, -0.1) is 0 Å². The number of carbonyl (C=O) groups is 1. The van der Waals surface area contributed by atoms with Gasteiger partial charge in [-0.25, -0.2) is 4.79 Å². The maximum atomic E-state index is 13.6. The maximum Gasteiger partial charge on any atom is 0.416 e. The summed E-state index contributed by atoms with van der Waals surface area (Å²) in [5, 5.41) is 37.8. The molecule has 1 saturated heterocycles. The van der Waals surface area contributed by atoms with Gasteiger partial charge in [0, 0.05) is 69.0 Å². The number of likely N-dealkylation sites (N-methyl/N-ethyl adjacent to an activating group) is 1. The number of piperidine rings is 1. The molecule has 13 atom stereocenters. The zero-order chi connectivity index (χ0) is 33.0. The van der Waals surface area contributed by atoms with Crippen LogP contribution >= 0.6 is 0 Å². The van der Waals surface area contributed by atoms with E-state index in [1.54, 1.807) is 14.2 Å². The lowest BCUT2D eigenvalue weighted by atomic mass is 9.42. The van der Waals surface area contributed by atoms with Crippen LogP contribution in [0, 0.1) is 34.5 Å². The highest BCUT2D eigenvalue weighted by molar-refractivity contribution is 5.87. The number of rotatable bonds is 8. The number of halogens is 3. The van der Waals surface area contributed by atoms with E-state index >= 15 is 0 Å². The fourth-order valence-electron chi connectivity index (χ4n) is 12.0. The van der Waals surface area contributed by atoms with Crippen molar-refractivity contribution in [2.45, 2.75) is 80.4 Å². The van der Waals surface area contributed by atoms with Gasteiger partial charge in [0.2, 0.25) is 0 Å². The molecule has 5 aliphatic carbocycles. The van der Waals surface area contributed by atoms with Gasteiger partial charge in [-0.3, -0.25) is 4.90 Å². The molecule has 1 aromatic carbocycles. The SMILES string of the molecule is CCN1C[C@]2(COC)CC[C@H](OC(=O)/C=C/c3cccc(C(F)(F)F)c3)[C@@]34[C@@H]5C[C@H]6[C@H](O)[C@@H]5[C@](O)(C[C@@H]6OC)[C@](O)([C@@H](OC)[C@H]23)[C@@H]14. The average molecular weight is 652 g/mol. The van der Waals surface area contributed by atoms with Crippen molar-refractivity contribution in [1.82, 2.24) is 4.90 Å². The summed E-state index contributed by atoms with van der Waals surface area (Å²) in [5.74, 6) is -2.41. The second kappa shape index (κ2) is 10.7. The fraction of sp³-hybridized carbons (Fsp3) is 0.735. The minimum Gasteiger partial charge on any atom is -0.459 e. The summed E-state index contributed by atoms with van der Waals surface area (Å²) in [6.45, 7) is 3.52. The molecule has 254 valence electrons. The summed E-state index contributed by atoms with van der Waals surface area (Å²) in [6, 6.07) is 4.05. The summed E-state index contributed by atoms with van der Waals surface area (Å²) < 4.78 is 64.2. The van der Waals surface area contributed by atoms with Crippen LogP contribution in [0.25, 0.3) is 6.08 Å². The predicted molar refractivity (Wildman–Crippen MR) is 158 cm³/mol. The fourth-order valence-corrected chi connectivity index (χ4v) is 12.0. The summed E-state index contributed by atoms with van der Waals surface area (Å²) in [7, 11) is 4.74. The number of hydrogen-bond donors (Lipinski definition) is 3. The van der Waals surface area contributed by atoms with Crippen molar-refractivity contribution in [3.63, 3.8) is 0 Å². The van der Waals surface area contributed by atoms with Gasteiger partial charge < -0.3 is 34.3 Å². The molecule has 0 unspecified atom stereocenters. The molecule has 7 bridgehead atoms. The van der Waals surface area contributed by atoms with Crippen molar-refractivity contribution in [1.29, 1.82) is 0 Å². The van der Waals surface area contributed by atoms with E-state index in [0.29, 0.717) is 39.0 Å². The first-order valence-electron chi connectivity index (χ1n) is 16.3. The van der Waals surface area contributed by atoms with E-state index in [2.05, 4.69) is 4.90 Å². The first-order chi connectivity index (χ1) is 21.8. The van der Waals surface area contributed by atoms with Crippen LogP contribution in [0.1, 0.15) is 43.7 Å². The van der Waals surface area contributed by atoms with Gasteiger partial charge in [0.1, 0.15) is 17.3 Å². The third kappa shape index (κ3) is 3.92. The largest absolute Gasteiger partial charge is 0.459 e. The highest BCUT2D eigenvalue weighted by Crippen LogP contribution is 2.80. The van der Waals surface area contributed by atoms with Crippen molar-refractivity contribution >= 4 is 12.0 Å². The molecule has 0 radical (unpaired) electrons. The number of fused-ring (bicyclic) bond motifs is 2. The molecule has 6 fully saturated rings. The normalized spacial score (nSPS) is 47.4. The van der Waals surface area contributed by atoms with Crippen LogP contribution in [-0.2, 0) is 29.9 Å². The zero-order valence-corrected chi connectivity index (χ0v) is 26.6. The topological polar surface area (TPSA) is 118 Å². The molecule has 5 saturated carbocycles. The number of nitrogens with zero attached hydrogens (tertiary/aromatic N) is 1. The Kier molecular flexibility index (Phi) is 7.57. The number of aliphatic hydroxyl groups excluding tert-OH is 1. The molecule has 7 rings (SSSR count). The number of aliphatic hydroxyl groups is 3. The Labute approximate surface area is 266 Å². The van der Waals surface area contributed by atoms with Gasteiger partial charge in [-0.2, -0.15) is 13.2 Å². The molecule has 1 aromatic rings. The molecular weight excluding hydrogens is 607 g/mol. The monoisotopic (exact) mass is 651 g/mol. The van der Waals surface area contributed by atoms with Crippen molar-refractivity contribution in [2.24, 2.45) is 34.5 Å². The Bertz CT molecular complexity index is 1410. The van der Waals surface area contributed by atoms with Crippen molar-refractivity contribution < 1.29 is 52.2 Å². The number of carbonyl (C=O) groups excluding carboxylic acids is 1. The lowest BCUT2D eigenvalue weighted by Gasteiger charge is -2.69. The molecule has 12 heteroatoms. The quantitative estimate of drug-likeness (QED) is 0.288. The van der Waals surface area contributed by atoms with E-state index in [1.807, 2.05) is 6.92 Å². The Morgan fingerprint density at radius 1 is 1.17 bits per heavy atom. The first kappa shape index (κ1) is 32.5.